The summed E-state index contributed by atoms with van der Waals surface area (Å²) in [5.74, 6) is -2.50. The zero-order valence-electron chi connectivity index (χ0n) is 8.00. The van der Waals surface area contributed by atoms with E-state index in [9.17, 15) is 9.18 Å². The minimum absolute atomic E-state index is 0.0233. The van der Waals surface area contributed by atoms with Gasteiger partial charge in [-0.2, -0.15) is 4.39 Å². The van der Waals surface area contributed by atoms with Gasteiger partial charge in [-0.3, -0.25) is 0 Å². The number of ether oxygens (including phenoxy) is 1. The fraction of sp³-hybridized carbons (Fsp3) is 0.700. The van der Waals surface area contributed by atoms with Crippen molar-refractivity contribution in [1.29, 1.82) is 0 Å². The predicted molar refractivity (Wildman–Crippen MR) is 47.4 cm³/mol. The average Bonchev–Trinajstić information content (AvgIpc) is 2.76. The molecule has 2 heterocycles. The van der Waals surface area contributed by atoms with E-state index in [2.05, 4.69) is 0 Å². The highest BCUT2D eigenvalue weighted by Crippen LogP contribution is 2.42. The molecule has 78 valence electrons. The third-order valence-electron chi connectivity index (χ3n) is 3.20. The van der Waals surface area contributed by atoms with Gasteiger partial charge in [-0.05, 0) is 31.8 Å². The molecule has 14 heavy (non-hydrogen) atoms. The fourth-order valence-electron chi connectivity index (χ4n) is 2.42. The zero-order chi connectivity index (χ0) is 10.3. The van der Waals surface area contributed by atoms with Gasteiger partial charge in [-0.25, -0.2) is 4.79 Å². The molecular weight excluding hydrogens is 187 g/mol. The van der Waals surface area contributed by atoms with Gasteiger partial charge in [-0.15, -0.1) is 0 Å². The molecule has 4 heteroatoms. The molecule has 0 amide bonds. The highest BCUT2D eigenvalue weighted by molar-refractivity contribution is 5.84. The summed E-state index contributed by atoms with van der Waals surface area (Å²) in [6, 6.07) is 0. The summed E-state index contributed by atoms with van der Waals surface area (Å²) in [4.78, 5) is 10.4. The SMILES string of the molecule is C/C(=C(/F)C(=O)O)C1CC2CCC1O2. The minimum atomic E-state index is -1.47. The normalized spacial score (nSPS) is 37.1. The van der Waals surface area contributed by atoms with Gasteiger partial charge in [0.2, 0.25) is 5.83 Å². The molecule has 3 unspecified atom stereocenters. The van der Waals surface area contributed by atoms with E-state index in [-0.39, 0.29) is 18.1 Å². The Hall–Kier alpha value is -0.900. The molecule has 3 nitrogen and oxygen atoms in total. The van der Waals surface area contributed by atoms with Gasteiger partial charge in [0.15, 0.2) is 0 Å². The third-order valence-corrected chi connectivity index (χ3v) is 3.20. The maximum Gasteiger partial charge on any atom is 0.364 e. The average molecular weight is 200 g/mol. The van der Waals surface area contributed by atoms with Gasteiger partial charge >= 0.3 is 5.97 Å². The zero-order valence-corrected chi connectivity index (χ0v) is 8.00. The van der Waals surface area contributed by atoms with Crippen LogP contribution in [0, 0.1) is 5.92 Å². The molecule has 0 spiro atoms. The van der Waals surface area contributed by atoms with Crippen molar-refractivity contribution in [1.82, 2.24) is 0 Å². The molecule has 2 bridgehead atoms. The molecule has 0 radical (unpaired) electrons. The van der Waals surface area contributed by atoms with E-state index in [0.717, 1.165) is 19.3 Å². The Bertz CT molecular complexity index is 298. The Labute approximate surface area is 81.6 Å². The van der Waals surface area contributed by atoms with Crippen molar-refractivity contribution in [2.45, 2.75) is 38.4 Å². The first-order chi connectivity index (χ1) is 6.59. The highest BCUT2D eigenvalue weighted by atomic mass is 19.1. The van der Waals surface area contributed by atoms with Crippen molar-refractivity contribution in [2.24, 2.45) is 5.92 Å². The van der Waals surface area contributed by atoms with Gasteiger partial charge in [0.25, 0.3) is 0 Å². The molecule has 0 saturated carbocycles. The van der Waals surface area contributed by atoms with Crippen molar-refractivity contribution in [3.05, 3.63) is 11.4 Å². The molecule has 3 atom stereocenters. The van der Waals surface area contributed by atoms with Crippen molar-refractivity contribution in [2.75, 3.05) is 0 Å². The topological polar surface area (TPSA) is 46.5 Å². The lowest BCUT2D eigenvalue weighted by molar-refractivity contribution is -0.134. The summed E-state index contributed by atoms with van der Waals surface area (Å²) < 4.78 is 18.7. The van der Waals surface area contributed by atoms with E-state index in [1.54, 1.807) is 6.92 Å². The summed E-state index contributed by atoms with van der Waals surface area (Å²) in [6.07, 6.45) is 3.01. The molecule has 2 aliphatic rings. The number of carboxylic acids is 1. The van der Waals surface area contributed by atoms with Gasteiger partial charge in [-0.1, -0.05) is 0 Å². The van der Waals surface area contributed by atoms with Gasteiger partial charge in [0.05, 0.1) is 12.2 Å². The molecule has 0 aliphatic carbocycles. The highest BCUT2D eigenvalue weighted by Gasteiger charge is 2.42. The van der Waals surface area contributed by atoms with Gasteiger partial charge in [0, 0.05) is 5.92 Å². The van der Waals surface area contributed by atoms with Crippen LogP contribution in [0.3, 0.4) is 0 Å². The Morgan fingerprint density at radius 2 is 2.21 bits per heavy atom. The lowest BCUT2D eigenvalue weighted by Gasteiger charge is -2.19. The van der Waals surface area contributed by atoms with Crippen molar-refractivity contribution < 1.29 is 19.0 Å². The number of hydrogen-bond acceptors (Lipinski definition) is 2. The predicted octanol–water partition coefficient (Wildman–Crippen LogP) is 1.88. The van der Waals surface area contributed by atoms with E-state index in [0.29, 0.717) is 5.57 Å². The van der Waals surface area contributed by atoms with Crippen LogP contribution >= 0.6 is 0 Å². The molecule has 2 saturated heterocycles. The van der Waals surface area contributed by atoms with E-state index in [1.165, 1.54) is 0 Å². The molecule has 0 aromatic rings. The smallest absolute Gasteiger partial charge is 0.364 e. The minimum Gasteiger partial charge on any atom is -0.476 e. The van der Waals surface area contributed by atoms with Crippen LogP contribution in [0.2, 0.25) is 0 Å². The monoisotopic (exact) mass is 200 g/mol. The Kier molecular flexibility index (Phi) is 2.31. The number of fused-ring (bicyclic) bond motifs is 2. The summed E-state index contributed by atoms with van der Waals surface area (Å²) in [5.41, 5.74) is 0.338. The molecule has 0 aromatic heterocycles. The second-order valence-electron chi connectivity index (χ2n) is 4.02. The van der Waals surface area contributed by atoms with Crippen molar-refractivity contribution in [3.8, 4) is 0 Å². The second kappa shape index (κ2) is 3.35. The quantitative estimate of drug-likeness (QED) is 0.692. The summed E-state index contributed by atoms with van der Waals surface area (Å²) in [7, 11) is 0. The van der Waals surface area contributed by atoms with Crippen LogP contribution in [0.25, 0.3) is 0 Å². The molecule has 0 aromatic carbocycles. The Balaban J connectivity index is 2.16. The van der Waals surface area contributed by atoms with Crippen LogP contribution in [0.1, 0.15) is 26.2 Å². The van der Waals surface area contributed by atoms with Crippen molar-refractivity contribution in [3.63, 3.8) is 0 Å². The summed E-state index contributed by atoms with van der Waals surface area (Å²) >= 11 is 0. The van der Waals surface area contributed by atoms with Crippen LogP contribution in [0.4, 0.5) is 4.39 Å². The fourth-order valence-corrected chi connectivity index (χ4v) is 2.42. The van der Waals surface area contributed by atoms with Gasteiger partial charge < -0.3 is 9.84 Å². The number of carbonyl (C=O) groups is 1. The molecular formula is C10H13FO3. The maximum absolute atomic E-state index is 13.1. The van der Waals surface area contributed by atoms with Crippen LogP contribution in [0.5, 0.6) is 0 Å². The molecule has 2 aliphatic heterocycles. The van der Waals surface area contributed by atoms with Crippen LogP contribution in [-0.4, -0.2) is 23.3 Å². The first kappa shape index (κ1) is 9.65. The largest absolute Gasteiger partial charge is 0.476 e. The van der Waals surface area contributed by atoms with E-state index in [4.69, 9.17) is 9.84 Å². The maximum atomic E-state index is 13.1. The first-order valence-electron chi connectivity index (χ1n) is 4.84. The Morgan fingerprint density at radius 3 is 2.64 bits per heavy atom. The standard InChI is InChI=1S/C10H13FO3/c1-5(9(11)10(12)13)7-4-6-2-3-8(7)14-6/h6-8H,2-4H2,1H3,(H,12,13)/b9-5-. The van der Waals surface area contributed by atoms with Gasteiger partial charge in [0.1, 0.15) is 0 Å². The lowest BCUT2D eigenvalue weighted by Crippen LogP contribution is -2.19. The van der Waals surface area contributed by atoms with Crippen LogP contribution < -0.4 is 0 Å². The number of aliphatic carboxylic acids is 1. The first-order valence-corrected chi connectivity index (χ1v) is 4.84. The number of hydrogen-bond donors (Lipinski definition) is 1. The van der Waals surface area contributed by atoms with Crippen LogP contribution in [0.15, 0.2) is 11.4 Å². The third kappa shape index (κ3) is 1.43. The number of rotatable bonds is 2. The molecule has 2 fully saturated rings. The van der Waals surface area contributed by atoms with E-state index < -0.39 is 11.8 Å². The summed E-state index contributed by atoms with van der Waals surface area (Å²) in [5, 5.41) is 8.51. The molecule has 1 N–H and O–H groups in total. The number of halogens is 1. The van der Waals surface area contributed by atoms with E-state index in [1.807, 2.05) is 0 Å². The Morgan fingerprint density at radius 1 is 1.50 bits per heavy atom. The lowest BCUT2D eigenvalue weighted by atomic mass is 9.84. The molecule has 2 rings (SSSR count). The number of carboxylic acid groups (broad SMARTS) is 1. The van der Waals surface area contributed by atoms with Crippen LogP contribution in [-0.2, 0) is 9.53 Å². The second-order valence-corrected chi connectivity index (χ2v) is 4.02. The summed E-state index contributed by atoms with van der Waals surface area (Å²) in [6.45, 7) is 1.55. The van der Waals surface area contributed by atoms with Crippen molar-refractivity contribution >= 4 is 5.97 Å². The van der Waals surface area contributed by atoms with E-state index >= 15 is 0 Å².